The Bertz CT molecular complexity index is 699. The van der Waals surface area contributed by atoms with Crippen LogP contribution < -0.4 is 20.5 Å². The second-order valence-corrected chi connectivity index (χ2v) is 5.94. The van der Waals surface area contributed by atoms with Gasteiger partial charge in [0.15, 0.2) is 11.5 Å². The predicted molar refractivity (Wildman–Crippen MR) is 96.8 cm³/mol. The minimum absolute atomic E-state index is 0.250. The molecular weight excluding hydrogens is 304 g/mol. The number of hydrogen-bond acceptors (Lipinski definition) is 4. The average Bonchev–Trinajstić information content (AvgIpc) is 2.56. The topological polar surface area (TPSA) is 73.6 Å². The molecular formula is C19H24N2O3. The standard InChI is InChI=1S/C19H24N2O3/c1-13(2)10-11-24-17-9-8-14(12-18(17)23-3)19(22)21-16-7-5-4-6-15(16)20/h4-9,12-13H,10-11,20H2,1-3H3,(H,21,22). The van der Waals surface area contributed by atoms with Crippen LogP contribution in [0, 0.1) is 5.92 Å². The minimum Gasteiger partial charge on any atom is -0.493 e. The molecule has 0 radical (unpaired) electrons. The van der Waals surface area contributed by atoms with Crippen LogP contribution >= 0.6 is 0 Å². The summed E-state index contributed by atoms with van der Waals surface area (Å²) in [5, 5.41) is 2.80. The van der Waals surface area contributed by atoms with E-state index in [1.54, 1.807) is 37.4 Å². The van der Waals surface area contributed by atoms with Gasteiger partial charge in [0, 0.05) is 5.56 Å². The maximum atomic E-state index is 12.4. The van der Waals surface area contributed by atoms with Crippen molar-refractivity contribution in [2.45, 2.75) is 20.3 Å². The Morgan fingerprint density at radius 1 is 1.17 bits per heavy atom. The van der Waals surface area contributed by atoms with Crippen LogP contribution in [0.3, 0.4) is 0 Å². The lowest BCUT2D eigenvalue weighted by Gasteiger charge is -2.13. The molecule has 0 atom stereocenters. The molecule has 0 aliphatic carbocycles. The summed E-state index contributed by atoms with van der Waals surface area (Å²) < 4.78 is 11.1. The van der Waals surface area contributed by atoms with E-state index < -0.39 is 0 Å². The van der Waals surface area contributed by atoms with Gasteiger partial charge >= 0.3 is 0 Å². The first kappa shape index (κ1) is 17.7. The SMILES string of the molecule is COc1cc(C(=O)Nc2ccccc2N)ccc1OCCC(C)C. The molecule has 0 saturated carbocycles. The lowest BCUT2D eigenvalue weighted by Crippen LogP contribution is -2.13. The number of nitrogens with one attached hydrogen (secondary N) is 1. The fourth-order valence-electron chi connectivity index (χ4n) is 2.14. The van der Waals surface area contributed by atoms with Crippen LogP contribution in [-0.2, 0) is 0 Å². The first-order chi connectivity index (χ1) is 11.5. The maximum Gasteiger partial charge on any atom is 0.255 e. The third-order valence-electron chi connectivity index (χ3n) is 3.59. The van der Waals surface area contributed by atoms with Crippen LogP contribution in [0.25, 0.3) is 0 Å². The first-order valence-electron chi connectivity index (χ1n) is 7.98. The molecule has 5 heteroatoms. The van der Waals surface area contributed by atoms with Crippen molar-refractivity contribution >= 4 is 17.3 Å². The molecule has 0 aliphatic heterocycles. The molecule has 128 valence electrons. The van der Waals surface area contributed by atoms with Gasteiger partial charge in [-0.15, -0.1) is 0 Å². The van der Waals surface area contributed by atoms with Crippen molar-refractivity contribution in [2.75, 3.05) is 24.8 Å². The normalized spacial score (nSPS) is 10.5. The molecule has 0 fully saturated rings. The monoisotopic (exact) mass is 328 g/mol. The third-order valence-corrected chi connectivity index (χ3v) is 3.59. The van der Waals surface area contributed by atoms with Crippen molar-refractivity contribution in [1.29, 1.82) is 0 Å². The van der Waals surface area contributed by atoms with E-state index in [2.05, 4.69) is 19.2 Å². The lowest BCUT2D eigenvalue weighted by molar-refractivity contribution is 0.102. The van der Waals surface area contributed by atoms with Crippen molar-refractivity contribution < 1.29 is 14.3 Å². The number of ether oxygens (including phenoxy) is 2. The first-order valence-corrected chi connectivity index (χ1v) is 7.98. The second kappa shape index (κ2) is 8.24. The van der Waals surface area contributed by atoms with Crippen LogP contribution in [0.4, 0.5) is 11.4 Å². The number of carbonyl (C=O) groups excluding carboxylic acids is 1. The van der Waals surface area contributed by atoms with Gasteiger partial charge in [-0.25, -0.2) is 0 Å². The number of carbonyl (C=O) groups is 1. The number of rotatable bonds is 7. The molecule has 0 heterocycles. The Labute approximate surface area is 142 Å². The zero-order valence-corrected chi connectivity index (χ0v) is 14.3. The van der Waals surface area contributed by atoms with E-state index in [1.807, 2.05) is 12.1 Å². The van der Waals surface area contributed by atoms with E-state index in [1.165, 1.54) is 0 Å². The summed E-state index contributed by atoms with van der Waals surface area (Å²) in [4.78, 5) is 12.4. The maximum absolute atomic E-state index is 12.4. The summed E-state index contributed by atoms with van der Waals surface area (Å²) in [6, 6.07) is 12.3. The summed E-state index contributed by atoms with van der Waals surface area (Å²) in [7, 11) is 1.56. The summed E-state index contributed by atoms with van der Waals surface area (Å²) in [6.45, 7) is 4.90. The van der Waals surface area contributed by atoms with Crippen LogP contribution in [0.1, 0.15) is 30.6 Å². The highest BCUT2D eigenvalue weighted by Gasteiger charge is 2.12. The molecule has 2 aromatic rings. The Morgan fingerprint density at radius 3 is 2.58 bits per heavy atom. The van der Waals surface area contributed by atoms with Crippen LogP contribution in [0.5, 0.6) is 11.5 Å². The van der Waals surface area contributed by atoms with Gasteiger partial charge in [0.25, 0.3) is 5.91 Å². The number of amides is 1. The Hall–Kier alpha value is -2.69. The minimum atomic E-state index is -0.250. The van der Waals surface area contributed by atoms with Crippen LogP contribution in [0.15, 0.2) is 42.5 Å². The van der Waals surface area contributed by atoms with E-state index in [4.69, 9.17) is 15.2 Å². The van der Waals surface area contributed by atoms with Gasteiger partial charge in [-0.2, -0.15) is 0 Å². The van der Waals surface area contributed by atoms with Crippen molar-refractivity contribution in [3.63, 3.8) is 0 Å². The molecule has 0 saturated heterocycles. The van der Waals surface area contributed by atoms with E-state index in [0.717, 1.165) is 6.42 Å². The van der Waals surface area contributed by atoms with Gasteiger partial charge in [-0.05, 0) is 42.7 Å². The summed E-state index contributed by atoms with van der Waals surface area (Å²) in [5.74, 6) is 1.48. The molecule has 2 aromatic carbocycles. The van der Waals surface area contributed by atoms with Crippen LogP contribution in [-0.4, -0.2) is 19.6 Å². The average molecular weight is 328 g/mol. The Morgan fingerprint density at radius 2 is 1.92 bits per heavy atom. The van der Waals surface area contributed by atoms with Gasteiger partial charge in [0.1, 0.15) is 0 Å². The molecule has 5 nitrogen and oxygen atoms in total. The van der Waals surface area contributed by atoms with Gasteiger partial charge in [0.2, 0.25) is 0 Å². The number of anilines is 2. The van der Waals surface area contributed by atoms with Gasteiger partial charge in [-0.3, -0.25) is 4.79 Å². The smallest absolute Gasteiger partial charge is 0.255 e. The molecule has 2 rings (SSSR count). The number of nitrogens with two attached hydrogens (primary N) is 1. The van der Waals surface area contributed by atoms with E-state index >= 15 is 0 Å². The number of para-hydroxylation sites is 2. The summed E-state index contributed by atoms with van der Waals surface area (Å²) in [6.07, 6.45) is 0.957. The molecule has 3 N–H and O–H groups in total. The Balaban J connectivity index is 2.10. The fraction of sp³-hybridized carbons (Fsp3) is 0.316. The molecule has 1 amide bonds. The quantitative estimate of drug-likeness (QED) is 0.755. The van der Waals surface area contributed by atoms with Gasteiger partial charge < -0.3 is 20.5 Å². The fourth-order valence-corrected chi connectivity index (χ4v) is 2.14. The predicted octanol–water partition coefficient (Wildman–Crippen LogP) is 3.95. The second-order valence-electron chi connectivity index (χ2n) is 5.94. The molecule has 0 aliphatic rings. The third kappa shape index (κ3) is 4.65. The summed E-state index contributed by atoms with van der Waals surface area (Å²) >= 11 is 0. The highest BCUT2D eigenvalue weighted by molar-refractivity contribution is 6.06. The van der Waals surface area contributed by atoms with Crippen molar-refractivity contribution in [3.8, 4) is 11.5 Å². The molecule has 0 spiro atoms. The summed E-state index contributed by atoms with van der Waals surface area (Å²) in [5.41, 5.74) is 7.43. The van der Waals surface area contributed by atoms with E-state index in [9.17, 15) is 4.79 Å². The number of methoxy groups -OCH3 is 1. The van der Waals surface area contributed by atoms with E-state index in [0.29, 0.717) is 41.0 Å². The zero-order chi connectivity index (χ0) is 17.5. The van der Waals surface area contributed by atoms with Crippen molar-refractivity contribution in [2.24, 2.45) is 5.92 Å². The van der Waals surface area contributed by atoms with Crippen molar-refractivity contribution in [1.82, 2.24) is 0 Å². The van der Waals surface area contributed by atoms with Crippen LogP contribution in [0.2, 0.25) is 0 Å². The lowest BCUT2D eigenvalue weighted by atomic mass is 10.1. The van der Waals surface area contributed by atoms with Gasteiger partial charge in [-0.1, -0.05) is 26.0 Å². The molecule has 0 bridgehead atoms. The Kier molecular flexibility index (Phi) is 6.07. The van der Waals surface area contributed by atoms with Crippen molar-refractivity contribution in [3.05, 3.63) is 48.0 Å². The highest BCUT2D eigenvalue weighted by Crippen LogP contribution is 2.29. The molecule has 0 unspecified atom stereocenters. The molecule has 0 aromatic heterocycles. The molecule has 24 heavy (non-hydrogen) atoms. The highest BCUT2D eigenvalue weighted by atomic mass is 16.5. The van der Waals surface area contributed by atoms with E-state index in [-0.39, 0.29) is 5.91 Å². The van der Waals surface area contributed by atoms with Gasteiger partial charge in [0.05, 0.1) is 25.1 Å². The largest absolute Gasteiger partial charge is 0.493 e. The number of hydrogen-bond donors (Lipinski definition) is 2. The zero-order valence-electron chi connectivity index (χ0n) is 14.3. The number of benzene rings is 2. The number of nitrogen functional groups attached to an aromatic ring is 1.